The standard InChI is InChI=1S/C16H31N5O.HI/c1-7-17-15(19-11-14(22-6)16(3,4)5)18-8-9-21-12-13(2)10-20-21;/h10,12,14H,7-9,11H2,1-6H3,(H2,17,18,19);1H. The van der Waals surface area contributed by atoms with E-state index in [1.807, 2.05) is 24.0 Å². The molecule has 2 N–H and O–H groups in total. The van der Waals surface area contributed by atoms with Gasteiger partial charge in [-0.15, -0.1) is 24.0 Å². The summed E-state index contributed by atoms with van der Waals surface area (Å²) in [5, 5.41) is 10.9. The molecule has 0 bridgehead atoms. The summed E-state index contributed by atoms with van der Waals surface area (Å²) in [6.07, 6.45) is 4.00. The van der Waals surface area contributed by atoms with Gasteiger partial charge in [0, 0.05) is 26.4 Å². The monoisotopic (exact) mass is 437 g/mol. The Bertz CT molecular complexity index is 467. The molecule has 0 radical (unpaired) electrons. The number of nitrogens with zero attached hydrogens (tertiary/aromatic N) is 3. The quantitative estimate of drug-likeness (QED) is 0.391. The van der Waals surface area contributed by atoms with Gasteiger partial charge in [-0.25, -0.2) is 0 Å². The molecule has 23 heavy (non-hydrogen) atoms. The molecule has 1 unspecified atom stereocenters. The molecule has 0 saturated carbocycles. The maximum absolute atomic E-state index is 5.54. The fourth-order valence-corrected chi connectivity index (χ4v) is 2.10. The molecule has 1 aromatic heterocycles. The summed E-state index contributed by atoms with van der Waals surface area (Å²) in [4.78, 5) is 4.63. The van der Waals surface area contributed by atoms with Crippen LogP contribution in [-0.4, -0.2) is 48.6 Å². The summed E-state index contributed by atoms with van der Waals surface area (Å²) in [7, 11) is 1.74. The second kappa shape index (κ2) is 10.9. The zero-order chi connectivity index (χ0) is 16.6. The van der Waals surface area contributed by atoms with Gasteiger partial charge in [0.2, 0.25) is 0 Å². The number of nitrogens with one attached hydrogen (secondary N) is 2. The predicted molar refractivity (Wildman–Crippen MR) is 107 cm³/mol. The number of hydrogen-bond donors (Lipinski definition) is 2. The van der Waals surface area contributed by atoms with Crippen LogP contribution in [0.2, 0.25) is 0 Å². The average molecular weight is 437 g/mol. The van der Waals surface area contributed by atoms with Gasteiger partial charge in [0.15, 0.2) is 5.96 Å². The topological polar surface area (TPSA) is 63.5 Å². The van der Waals surface area contributed by atoms with E-state index in [1.54, 1.807) is 7.11 Å². The van der Waals surface area contributed by atoms with Crippen LogP contribution >= 0.6 is 24.0 Å². The lowest BCUT2D eigenvalue weighted by Crippen LogP contribution is -2.40. The van der Waals surface area contributed by atoms with Crippen molar-refractivity contribution in [1.29, 1.82) is 0 Å². The Morgan fingerprint density at radius 3 is 2.57 bits per heavy atom. The lowest BCUT2D eigenvalue weighted by molar-refractivity contribution is 0.0241. The number of aryl methyl sites for hydroxylation is 1. The minimum Gasteiger partial charge on any atom is -0.379 e. The molecular weight excluding hydrogens is 405 g/mol. The number of hydrogen-bond acceptors (Lipinski definition) is 3. The number of ether oxygens (including phenoxy) is 1. The minimum absolute atomic E-state index is 0. The summed E-state index contributed by atoms with van der Waals surface area (Å²) < 4.78 is 7.47. The third-order valence-corrected chi connectivity index (χ3v) is 3.41. The number of guanidine groups is 1. The minimum atomic E-state index is 0. The molecule has 0 aliphatic heterocycles. The molecule has 1 aromatic rings. The van der Waals surface area contributed by atoms with Gasteiger partial charge in [0.25, 0.3) is 0 Å². The van der Waals surface area contributed by atoms with Crippen LogP contribution < -0.4 is 10.6 Å². The van der Waals surface area contributed by atoms with Crippen molar-refractivity contribution in [2.75, 3.05) is 26.7 Å². The van der Waals surface area contributed by atoms with Gasteiger partial charge in [0.1, 0.15) is 0 Å². The third kappa shape index (κ3) is 8.55. The molecule has 1 atom stereocenters. The number of aliphatic imine (C=N–C) groups is 1. The van der Waals surface area contributed by atoms with E-state index in [0.29, 0.717) is 6.54 Å². The molecule has 0 aromatic carbocycles. The molecule has 0 spiro atoms. The summed E-state index contributed by atoms with van der Waals surface area (Å²) in [6, 6.07) is 0. The van der Waals surface area contributed by atoms with E-state index in [-0.39, 0.29) is 35.5 Å². The molecular formula is C16H32IN5O. The van der Waals surface area contributed by atoms with Crippen molar-refractivity contribution in [3.8, 4) is 0 Å². The fourth-order valence-electron chi connectivity index (χ4n) is 2.10. The molecule has 1 heterocycles. The Labute approximate surface area is 157 Å². The maximum atomic E-state index is 5.54. The van der Waals surface area contributed by atoms with E-state index >= 15 is 0 Å². The molecule has 6 nitrogen and oxygen atoms in total. The second-order valence-electron chi connectivity index (χ2n) is 6.52. The molecule has 0 saturated heterocycles. The van der Waals surface area contributed by atoms with Gasteiger partial charge in [-0.05, 0) is 24.8 Å². The first-order chi connectivity index (χ1) is 10.4. The first-order valence-electron chi connectivity index (χ1n) is 7.90. The van der Waals surface area contributed by atoms with Crippen molar-refractivity contribution >= 4 is 29.9 Å². The summed E-state index contributed by atoms with van der Waals surface area (Å²) in [6.45, 7) is 13.7. The Hall–Kier alpha value is -0.830. The van der Waals surface area contributed by atoms with Crippen LogP contribution in [0.15, 0.2) is 17.4 Å². The first-order valence-corrected chi connectivity index (χ1v) is 7.90. The van der Waals surface area contributed by atoms with Gasteiger partial charge in [0.05, 0.1) is 25.4 Å². The molecule has 7 heteroatoms. The van der Waals surface area contributed by atoms with Crippen molar-refractivity contribution in [3.05, 3.63) is 18.0 Å². The van der Waals surface area contributed by atoms with Crippen molar-refractivity contribution in [3.63, 3.8) is 0 Å². The highest BCUT2D eigenvalue weighted by Gasteiger charge is 2.23. The molecule has 0 aliphatic carbocycles. The number of methoxy groups -OCH3 is 1. The SMILES string of the molecule is CCNC(=NCC(OC)C(C)(C)C)NCCn1cc(C)cn1.I. The summed E-state index contributed by atoms with van der Waals surface area (Å²) >= 11 is 0. The van der Waals surface area contributed by atoms with Crippen LogP contribution in [0.25, 0.3) is 0 Å². The Morgan fingerprint density at radius 1 is 1.39 bits per heavy atom. The van der Waals surface area contributed by atoms with Gasteiger partial charge >= 0.3 is 0 Å². The zero-order valence-electron chi connectivity index (χ0n) is 15.2. The smallest absolute Gasteiger partial charge is 0.191 e. The van der Waals surface area contributed by atoms with Crippen LogP contribution in [-0.2, 0) is 11.3 Å². The van der Waals surface area contributed by atoms with Crippen LogP contribution in [0, 0.1) is 12.3 Å². The van der Waals surface area contributed by atoms with Gasteiger partial charge in [-0.1, -0.05) is 20.8 Å². The van der Waals surface area contributed by atoms with Crippen molar-refractivity contribution in [2.45, 2.75) is 47.3 Å². The fraction of sp³-hybridized carbons (Fsp3) is 0.750. The normalized spacial score (nSPS) is 13.4. The van der Waals surface area contributed by atoms with Crippen molar-refractivity contribution in [2.24, 2.45) is 10.4 Å². The molecule has 0 fully saturated rings. The number of rotatable bonds is 7. The number of aromatic nitrogens is 2. The molecule has 1 rings (SSSR count). The van der Waals surface area contributed by atoms with Crippen molar-refractivity contribution in [1.82, 2.24) is 20.4 Å². The van der Waals surface area contributed by atoms with E-state index in [2.05, 4.69) is 48.4 Å². The highest BCUT2D eigenvalue weighted by Crippen LogP contribution is 2.21. The maximum Gasteiger partial charge on any atom is 0.191 e. The lowest BCUT2D eigenvalue weighted by atomic mass is 9.89. The lowest BCUT2D eigenvalue weighted by Gasteiger charge is -2.28. The summed E-state index contributed by atoms with van der Waals surface area (Å²) in [5.41, 5.74) is 1.25. The largest absolute Gasteiger partial charge is 0.379 e. The first kappa shape index (κ1) is 22.2. The second-order valence-corrected chi connectivity index (χ2v) is 6.52. The van der Waals surface area contributed by atoms with Crippen LogP contribution in [0.5, 0.6) is 0 Å². The van der Waals surface area contributed by atoms with Gasteiger partial charge in [-0.3, -0.25) is 9.67 Å². The van der Waals surface area contributed by atoms with E-state index < -0.39 is 0 Å². The molecule has 0 aliphatic rings. The Balaban J connectivity index is 0.00000484. The van der Waals surface area contributed by atoms with E-state index in [9.17, 15) is 0 Å². The predicted octanol–water partition coefficient (Wildman–Crippen LogP) is 2.43. The zero-order valence-corrected chi connectivity index (χ0v) is 17.5. The van der Waals surface area contributed by atoms with Gasteiger partial charge in [-0.2, -0.15) is 5.10 Å². The van der Waals surface area contributed by atoms with E-state index in [1.165, 1.54) is 5.56 Å². The molecule has 134 valence electrons. The molecule has 0 amide bonds. The number of halogens is 1. The third-order valence-electron chi connectivity index (χ3n) is 3.41. The van der Waals surface area contributed by atoms with E-state index in [0.717, 1.165) is 25.6 Å². The van der Waals surface area contributed by atoms with Crippen LogP contribution in [0.4, 0.5) is 0 Å². The van der Waals surface area contributed by atoms with Crippen LogP contribution in [0.1, 0.15) is 33.3 Å². The highest BCUT2D eigenvalue weighted by atomic mass is 127. The Morgan fingerprint density at radius 2 is 2.09 bits per heavy atom. The van der Waals surface area contributed by atoms with Crippen LogP contribution in [0.3, 0.4) is 0 Å². The van der Waals surface area contributed by atoms with Crippen molar-refractivity contribution < 1.29 is 4.74 Å². The highest BCUT2D eigenvalue weighted by molar-refractivity contribution is 14.0. The van der Waals surface area contributed by atoms with Gasteiger partial charge < -0.3 is 15.4 Å². The summed E-state index contributed by atoms with van der Waals surface area (Å²) in [5.74, 6) is 0.817. The van der Waals surface area contributed by atoms with E-state index in [4.69, 9.17) is 4.74 Å². The Kier molecular flexibility index (Phi) is 10.5. The average Bonchev–Trinajstić information content (AvgIpc) is 2.83.